The summed E-state index contributed by atoms with van der Waals surface area (Å²) in [6.07, 6.45) is 6.01. The Labute approximate surface area is 190 Å². The number of nitrogens with zero attached hydrogens (tertiary/aromatic N) is 3. The van der Waals surface area contributed by atoms with E-state index in [2.05, 4.69) is 4.90 Å². The van der Waals surface area contributed by atoms with Crippen molar-refractivity contribution in [3.05, 3.63) is 35.0 Å². The van der Waals surface area contributed by atoms with Gasteiger partial charge in [0, 0.05) is 68.5 Å². The first kappa shape index (κ1) is 21.9. The van der Waals surface area contributed by atoms with Crippen LogP contribution in [0.25, 0.3) is 10.9 Å². The molecule has 0 bridgehead atoms. The van der Waals surface area contributed by atoms with Crippen molar-refractivity contribution in [2.45, 2.75) is 58.0 Å². The van der Waals surface area contributed by atoms with Crippen LogP contribution in [0.4, 0.5) is 0 Å². The molecule has 0 radical (unpaired) electrons. The molecule has 0 spiro atoms. The van der Waals surface area contributed by atoms with Crippen molar-refractivity contribution in [2.24, 2.45) is 0 Å². The molecule has 2 aromatic rings. The van der Waals surface area contributed by atoms with Gasteiger partial charge in [0.1, 0.15) is 0 Å². The number of rotatable bonds is 4. The van der Waals surface area contributed by atoms with Crippen LogP contribution in [0, 0.1) is 0 Å². The minimum absolute atomic E-state index is 0.0569. The largest absolute Gasteiger partial charge is 0.381 e. The van der Waals surface area contributed by atoms with E-state index in [1.807, 2.05) is 23.1 Å². The Kier molecular flexibility index (Phi) is 6.03. The van der Waals surface area contributed by atoms with Crippen molar-refractivity contribution in [1.29, 1.82) is 0 Å². The highest BCUT2D eigenvalue weighted by Crippen LogP contribution is 2.35. The van der Waals surface area contributed by atoms with Gasteiger partial charge >= 0.3 is 0 Å². The zero-order chi connectivity index (χ0) is 22.3. The summed E-state index contributed by atoms with van der Waals surface area (Å²) in [7, 11) is -3.44. The fourth-order valence-electron chi connectivity index (χ4n) is 5.56. The number of carbonyl (C=O) groups excluding carboxylic acids is 1. The predicted molar refractivity (Wildman–Crippen MR) is 125 cm³/mol. The van der Waals surface area contributed by atoms with Crippen molar-refractivity contribution in [3.63, 3.8) is 0 Å². The first-order valence-electron chi connectivity index (χ1n) is 12.0. The maximum Gasteiger partial charge on any atom is 0.253 e. The highest BCUT2D eigenvalue weighted by molar-refractivity contribution is 7.90. The molecule has 32 heavy (non-hydrogen) atoms. The molecule has 5 rings (SSSR count). The van der Waals surface area contributed by atoms with Crippen LogP contribution in [-0.4, -0.2) is 72.7 Å². The third-order valence-electron chi connectivity index (χ3n) is 7.37. The van der Waals surface area contributed by atoms with Crippen LogP contribution in [0.5, 0.6) is 0 Å². The van der Waals surface area contributed by atoms with E-state index in [0.29, 0.717) is 23.5 Å². The Morgan fingerprint density at radius 3 is 2.56 bits per heavy atom. The summed E-state index contributed by atoms with van der Waals surface area (Å²) in [5, 5.41) is 0.914. The minimum Gasteiger partial charge on any atom is -0.381 e. The van der Waals surface area contributed by atoms with Crippen LogP contribution in [-0.2, 0) is 27.7 Å². The van der Waals surface area contributed by atoms with Crippen molar-refractivity contribution >= 4 is 26.8 Å². The van der Waals surface area contributed by atoms with E-state index in [4.69, 9.17) is 4.74 Å². The number of piperidine rings is 1. The van der Waals surface area contributed by atoms with Gasteiger partial charge in [-0.05, 0) is 62.8 Å². The molecular weight excluding hydrogens is 426 g/mol. The Hall–Kier alpha value is -1.90. The first-order valence-corrected chi connectivity index (χ1v) is 13.6. The Morgan fingerprint density at radius 2 is 1.84 bits per heavy atom. The van der Waals surface area contributed by atoms with Crippen molar-refractivity contribution in [1.82, 2.24) is 13.8 Å². The number of hydrogen-bond donors (Lipinski definition) is 0. The Balaban J connectivity index is 1.58. The molecule has 0 atom stereocenters. The number of likely N-dealkylation sites (tertiary alicyclic amines) is 1. The smallest absolute Gasteiger partial charge is 0.253 e. The second-order valence-electron chi connectivity index (χ2n) is 9.24. The van der Waals surface area contributed by atoms with Gasteiger partial charge < -0.3 is 9.64 Å². The zero-order valence-corrected chi connectivity index (χ0v) is 19.7. The molecule has 1 aromatic carbocycles. The van der Waals surface area contributed by atoms with Gasteiger partial charge in [0.25, 0.3) is 5.91 Å². The summed E-state index contributed by atoms with van der Waals surface area (Å²) >= 11 is 0. The fourth-order valence-corrected chi connectivity index (χ4v) is 6.81. The zero-order valence-electron chi connectivity index (χ0n) is 18.9. The lowest BCUT2D eigenvalue weighted by Crippen LogP contribution is -2.42. The third kappa shape index (κ3) is 3.86. The molecule has 2 fully saturated rings. The molecule has 0 unspecified atom stereocenters. The van der Waals surface area contributed by atoms with Gasteiger partial charge in [0.15, 0.2) is 0 Å². The molecule has 3 aliphatic heterocycles. The second-order valence-corrected chi connectivity index (χ2v) is 11.3. The summed E-state index contributed by atoms with van der Waals surface area (Å²) < 4.78 is 33.2. The van der Waals surface area contributed by atoms with E-state index in [1.54, 1.807) is 10.9 Å². The number of aromatic nitrogens is 1. The number of fused-ring (bicyclic) bond motifs is 3. The Bertz CT molecular complexity index is 1110. The molecule has 2 saturated heterocycles. The number of benzene rings is 1. The monoisotopic (exact) mass is 459 g/mol. The van der Waals surface area contributed by atoms with Crippen molar-refractivity contribution in [3.8, 4) is 0 Å². The lowest BCUT2D eigenvalue weighted by Gasteiger charge is -2.37. The van der Waals surface area contributed by atoms with E-state index in [9.17, 15) is 13.2 Å². The van der Waals surface area contributed by atoms with Crippen LogP contribution in [0.1, 0.15) is 60.6 Å². The molecule has 7 nitrogen and oxygen atoms in total. The molecule has 1 amide bonds. The minimum atomic E-state index is -3.44. The number of amides is 1. The highest BCUT2D eigenvalue weighted by Gasteiger charge is 2.32. The van der Waals surface area contributed by atoms with Gasteiger partial charge in [-0.2, -0.15) is 0 Å². The lowest BCUT2D eigenvalue weighted by molar-refractivity contribution is 0.0290. The summed E-state index contributed by atoms with van der Waals surface area (Å²) in [5.74, 6) is 0.116. The van der Waals surface area contributed by atoms with E-state index >= 15 is 0 Å². The topological polar surface area (TPSA) is 71.9 Å². The van der Waals surface area contributed by atoms with Crippen LogP contribution in [0.15, 0.2) is 18.2 Å². The number of ether oxygens (including phenoxy) is 1. The van der Waals surface area contributed by atoms with Gasteiger partial charge in [-0.25, -0.2) is 12.4 Å². The quantitative estimate of drug-likeness (QED) is 0.703. The average molecular weight is 460 g/mol. The van der Waals surface area contributed by atoms with Crippen LogP contribution >= 0.6 is 0 Å². The SMILES string of the molecule is CCS(=O)(=O)n1c2c(c3cc(C(=O)N4CCCCC4)ccc31)CN(C1CCOCC1)CC2. The first-order chi connectivity index (χ1) is 15.5. The van der Waals surface area contributed by atoms with Gasteiger partial charge in [-0.1, -0.05) is 0 Å². The lowest BCUT2D eigenvalue weighted by atomic mass is 9.98. The van der Waals surface area contributed by atoms with Crippen molar-refractivity contribution < 1.29 is 17.9 Å². The van der Waals surface area contributed by atoms with Crippen molar-refractivity contribution in [2.75, 3.05) is 38.6 Å². The summed E-state index contributed by atoms with van der Waals surface area (Å²) in [6, 6.07) is 6.07. The second kappa shape index (κ2) is 8.80. The van der Waals surface area contributed by atoms with Gasteiger partial charge in [0.05, 0.1) is 11.3 Å². The van der Waals surface area contributed by atoms with Crippen LogP contribution < -0.4 is 0 Å². The van der Waals surface area contributed by atoms with Gasteiger partial charge in [-0.15, -0.1) is 0 Å². The number of hydrogen-bond acceptors (Lipinski definition) is 5. The molecule has 0 N–H and O–H groups in total. The molecule has 0 aliphatic carbocycles. The Morgan fingerprint density at radius 1 is 1.09 bits per heavy atom. The molecule has 3 aliphatic rings. The molecule has 4 heterocycles. The molecular formula is C24H33N3O4S. The highest BCUT2D eigenvalue weighted by atomic mass is 32.2. The maximum atomic E-state index is 13.2. The summed E-state index contributed by atoms with van der Waals surface area (Å²) in [5.41, 5.74) is 3.34. The molecule has 8 heteroatoms. The van der Waals surface area contributed by atoms with Crippen LogP contribution in [0.2, 0.25) is 0 Å². The van der Waals surface area contributed by atoms with Crippen LogP contribution in [0.3, 0.4) is 0 Å². The van der Waals surface area contributed by atoms with E-state index in [-0.39, 0.29) is 11.7 Å². The van der Waals surface area contributed by atoms with Gasteiger partial charge in [-0.3, -0.25) is 9.69 Å². The van der Waals surface area contributed by atoms with Gasteiger partial charge in [0.2, 0.25) is 10.0 Å². The number of carbonyl (C=O) groups is 1. The van der Waals surface area contributed by atoms with E-state index < -0.39 is 10.0 Å². The van der Waals surface area contributed by atoms with E-state index in [0.717, 1.165) is 81.7 Å². The normalized spacial score (nSPS) is 21.1. The molecule has 174 valence electrons. The molecule has 0 saturated carbocycles. The fraction of sp³-hybridized carbons (Fsp3) is 0.625. The average Bonchev–Trinajstić information content (AvgIpc) is 3.18. The summed E-state index contributed by atoms with van der Waals surface area (Å²) in [6.45, 7) is 6.45. The summed E-state index contributed by atoms with van der Waals surface area (Å²) in [4.78, 5) is 17.6. The maximum absolute atomic E-state index is 13.2. The van der Waals surface area contributed by atoms with E-state index in [1.165, 1.54) is 6.42 Å². The predicted octanol–water partition coefficient (Wildman–Crippen LogP) is 3.00. The standard InChI is InChI=1S/C24H33N3O4S/c1-2-32(29,30)27-22-7-6-18(24(28)25-11-4-3-5-12-25)16-20(22)21-17-26(13-8-23(21)27)19-9-14-31-15-10-19/h6-7,16,19H,2-5,8-15,17H2,1H3. The molecule has 1 aromatic heterocycles. The third-order valence-corrected chi connectivity index (χ3v) is 9.07.